The first-order valence-corrected chi connectivity index (χ1v) is 10.8. The second-order valence-corrected chi connectivity index (χ2v) is 7.93. The molecule has 1 saturated heterocycles. The van der Waals surface area contributed by atoms with Gasteiger partial charge in [-0.3, -0.25) is 19.5 Å². The summed E-state index contributed by atoms with van der Waals surface area (Å²) in [5, 5.41) is 5.90. The molecule has 0 unspecified atom stereocenters. The summed E-state index contributed by atoms with van der Waals surface area (Å²) in [4.78, 5) is 43.4. The van der Waals surface area contributed by atoms with E-state index in [1.807, 2.05) is 30.3 Å². The van der Waals surface area contributed by atoms with Gasteiger partial charge in [-0.25, -0.2) is 4.79 Å². The molecule has 1 spiro atoms. The van der Waals surface area contributed by atoms with E-state index < -0.39 is 5.66 Å². The summed E-state index contributed by atoms with van der Waals surface area (Å²) in [5.41, 5.74) is 1.77. The third kappa shape index (κ3) is 4.86. The highest BCUT2D eigenvalue weighted by Crippen LogP contribution is 2.28. The van der Waals surface area contributed by atoms with Crippen LogP contribution in [0.4, 0.5) is 5.69 Å². The van der Waals surface area contributed by atoms with Crippen LogP contribution in [0.2, 0.25) is 0 Å². The normalized spacial score (nSPS) is 17.5. The number of carbonyl (C=O) groups excluding carboxylic acids is 3. The van der Waals surface area contributed by atoms with Crippen molar-refractivity contribution in [1.29, 1.82) is 0 Å². The summed E-state index contributed by atoms with van der Waals surface area (Å²) in [7, 11) is 0. The zero-order valence-electron chi connectivity index (χ0n) is 18.0. The van der Waals surface area contributed by atoms with Crippen LogP contribution in [0.3, 0.4) is 0 Å². The second kappa shape index (κ2) is 9.32. The number of nitrogens with one attached hydrogen (secondary N) is 2. The van der Waals surface area contributed by atoms with Gasteiger partial charge in [0.05, 0.1) is 18.7 Å². The number of ether oxygens (including phenoxy) is 1. The number of nitrogens with zero attached hydrogens (tertiary/aromatic N) is 2. The zero-order valence-corrected chi connectivity index (χ0v) is 18.0. The molecule has 0 atom stereocenters. The van der Waals surface area contributed by atoms with E-state index in [2.05, 4.69) is 15.5 Å². The Labute approximate surface area is 186 Å². The number of hydrogen-bond donors (Lipinski definition) is 2. The van der Waals surface area contributed by atoms with Gasteiger partial charge in [-0.1, -0.05) is 30.3 Å². The number of likely N-dealkylation sites (tertiary alicyclic amines) is 1. The molecule has 0 radical (unpaired) electrons. The van der Waals surface area contributed by atoms with E-state index in [-0.39, 0.29) is 24.3 Å². The number of carbonyl (C=O) groups is 3. The number of esters is 1. The fraction of sp³-hybridized carbons (Fsp3) is 0.333. The summed E-state index contributed by atoms with van der Waals surface area (Å²) < 4.78 is 4.96. The lowest BCUT2D eigenvalue weighted by molar-refractivity contribution is -0.119. The third-order valence-corrected chi connectivity index (χ3v) is 5.66. The molecule has 1 fully saturated rings. The van der Waals surface area contributed by atoms with E-state index in [1.165, 1.54) is 0 Å². The highest BCUT2D eigenvalue weighted by molar-refractivity contribution is 6.46. The van der Waals surface area contributed by atoms with E-state index in [0.29, 0.717) is 49.5 Å². The molecule has 8 nitrogen and oxygen atoms in total. The van der Waals surface area contributed by atoms with Crippen molar-refractivity contribution in [2.24, 2.45) is 4.99 Å². The maximum atomic E-state index is 12.5. The Balaban J connectivity index is 1.30. The minimum atomic E-state index is -0.585. The molecule has 2 amide bonds. The molecule has 2 aromatic carbocycles. The van der Waals surface area contributed by atoms with Crippen LogP contribution >= 0.6 is 0 Å². The molecule has 166 valence electrons. The van der Waals surface area contributed by atoms with Crippen molar-refractivity contribution >= 4 is 29.2 Å². The predicted octanol–water partition coefficient (Wildman–Crippen LogP) is 2.21. The maximum absolute atomic E-state index is 12.5. The highest BCUT2D eigenvalue weighted by Gasteiger charge is 2.42. The van der Waals surface area contributed by atoms with Gasteiger partial charge in [-0.2, -0.15) is 0 Å². The Morgan fingerprint density at radius 3 is 2.44 bits per heavy atom. The summed E-state index contributed by atoms with van der Waals surface area (Å²) in [6.07, 6.45) is 1.30. The van der Waals surface area contributed by atoms with Crippen molar-refractivity contribution in [1.82, 2.24) is 10.2 Å². The maximum Gasteiger partial charge on any atom is 0.338 e. The smallest absolute Gasteiger partial charge is 0.338 e. The number of piperidine rings is 1. The summed E-state index contributed by atoms with van der Waals surface area (Å²) >= 11 is 0. The topological polar surface area (TPSA) is 100 Å². The highest BCUT2D eigenvalue weighted by atomic mass is 16.5. The Hall–Kier alpha value is -3.52. The zero-order chi connectivity index (χ0) is 22.6. The molecule has 2 aromatic rings. The van der Waals surface area contributed by atoms with Crippen molar-refractivity contribution in [2.75, 3.05) is 31.6 Å². The van der Waals surface area contributed by atoms with Crippen molar-refractivity contribution in [2.45, 2.75) is 25.4 Å². The molecule has 2 aliphatic rings. The number of amides is 2. The van der Waals surface area contributed by atoms with Gasteiger partial charge in [-0.15, -0.1) is 0 Å². The number of rotatable bonds is 6. The average Bonchev–Trinajstić information content (AvgIpc) is 3.12. The summed E-state index contributed by atoms with van der Waals surface area (Å²) in [6, 6.07) is 16.1. The predicted molar refractivity (Wildman–Crippen MR) is 121 cm³/mol. The molecule has 0 bridgehead atoms. The van der Waals surface area contributed by atoms with E-state index in [9.17, 15) is 14.4 Å². The van der Waals surface area contributed by atoms with Gasteiger partial charge in [0.1, 0.15) is 11.4 Å². The molecular weight excluding hydrogens is 408 g/mol. The molecule has 8 heteroatoms. The minimum Gasteiger partial charge on any atom is -0.462 e. The van der Waals surface area contributed by atoms with Gasteiger partial charge < -0.3 is 15.4 Å². The lowest BCUT2D eigenvalue weighted by atomic mass is 9.98. The van der Waals surface area contributed by atoms with Crippen LogP contribution in [0.5, 0.6) is 0 Å². The Kier molecular flexibility index (Phi) is 6.32. The first kappa shape index (κ1) is 21.7. The lowest BCUT2D eigenvalue weighted by Gasteiger charge is -2.36. The molecule has 0 saturated carbocycles. The van der Waals surface area contributed by atoms with Gasteiger partial charge in [0.25, 0.3) is 5.91 Å². The molecule has 0 aliphatic carbocycles. The Bertz CT molecular complexity index is 1030. The number of benzene rings is 2. The van der Waals surface area contributed by atoms with Gasteiger partial charge in [0.2, 0.25) is 5.91 Å². The molecule has 2 aliphatic heterocycles. The molecule has 4 rings (SSSR count). The lowest BCUT2D eigenvalue weighted by Crippen LogP contribution is -2.52. The van der Waals surface area contributed by atoms with E-state index in [0.717, 1.165) is 5.56 Å². The van der Waals surface area contributed by atoms with E-state index >= 15 is 0 Å². The molecule has 0 aromatic heterocycles. The van der Waals surface area contributed by atoms with Crippen LogP contribution in [0.25, 0.3) is 0 Å². The fourth-order valence-electron chi connectivity index (χ4n) is 3.98. The Morgan fingerprint density at radius 1 is 1.09 bits per heavy atom. The van der Waals surface area contributed by atoms with E-state index in [4.69, 9.17) is 9.73 Å². The monoisotopic (exact) mass is 434 g/mol. The van der Waals surface area contributed by atoms with Crippen LogP contribution in [0.1, 0.15) is 35.7 Å². The van der Waals surface area contributed by atoms with Crippen molar-refractivity contribution in [3.05, 3.63) is 65.7 Å². The number of hydrogen-bond acceptors (Lipinski definition) is 6. The van der Waals surface area contributed by atoms with Crippen LogP contribution in [-0.4, -0.2) is 60.3 Å². The van der Waals surface area contributed by atoms with Crippen LogP contribution in [0.15, 0.2) is 59.6 Å². The van der Waals surface area contributed by atoms with E-state index in [1.54, 1.807) is 31.2 Å². The van der Waals surface area contributed by atoms with Gasteiger partial charge >= 0.3 is 5.97 Å². The largest absolute Gasteiger partial charge is 0.462 e. The van der Waals surface area contributed by atoms with Gasteiger partial charge in [-0.05, 0) is 31.2 Å². The SMILES string of the molecule is CCOC(=O)c1ccc(NC(=O)CN2CCC3(CC2)N=C(c2ccccc2)C(=O)N3)cc1. The molecule has 2 heterocycles. The molecular formula is C24H26N4O4. The van der Waals surface area contributed by atoms with Gasteiger partial charge in [0.15, 0.2) is 0 Å². The number of anilines is 1. The van der Waals surface area contributed by atoms with Crippen LogP contribution < -0.4 is 10.6 Å². The minimum absolute atomic E-state index is 0.131. The molecule has 32 heavy (non-hydrogen) atoms. The van der Waals surface area contributed by atoms with Crippen molar-refractivity contribution in [3.8, 4) is 0 Å². The van der Waals surface area contributed by atoms with Gasteiger partial charge in [0, 0.05) is 37.2 Å². The van der Waals surface area contributed by atoms with Crippen molar-refractivity contribution in [3.63, 3.8) is 0 Å². The Morgan fingerprint density at radius 2 is 1.78 bits per heavy atom. The van der Waals surface area contributed by atoms with Crippen molar-refractivity contribution < 1.29 is 19.1 Å². The molecule has 2 N–H and O–H groups in total. The first-order chi connectivity index (χ1) is 15.5. The quantitative estimate of drug-likeness (QED) is 0.679. The second-order valence-electron chi connectivity index (χ2n) is 7.93. The van der Waals surface area contributed by atoms with Crippen LogP contribution in [-0.2, 0) is 14.3 Å². The number of aliphatic imine (C=N–C) groups is 1. The summed E-state index contributed by atoms with van der Waals surface area (Å²) in [6.45, 7) is 3.63. The fourth-order valence-corrected chi connectivity index (χ4v) is 3.98. The first-order valence-electron chi connectivity index (χ1n) is 10.8. The standard InChI is InChI=1S/C24H26N4O4/c1-2-32-23(31)18-8-10-19(11-9-18)25-20(29)16-28-14-12-24(13-15-28)26-21(22(30)27-24)17-6-4-3-5-7-17/h3-11H,2,12-16H2,1H3,(H,25,29)(H,27,30). The van der Waals surface area contributed by atoms with Crippen LogP contribution in [0, 0.1) is 0 Å². The average molecular weight is 434 g/mol. The summed E-state index contributed by atoms with van der Waals surface area (Å²) in [5.74, 6) is -0.660. The third-order valence-electron chi connectivity index (χ3n) is 5.66.